The van der Waals surface area contributed by atoms with E-state index in [1.54, 1.807) is 49.4 Å². The predicted octanol–water partition coefficient (Wildman–Crippen LogP) is 6.21. The molecule has 0 spiro atoms. The normalized spacial score (nSPS) is 12.6. The summed E-state index contributed by atoms with van der Waals surface area (Å²) in [6.07, 6.45) is 0.676. The van der Waals surface area contributed by atoms with Gasteiger partial charge in [-0.3, -0.25) is 9.10 Å². The van der Waals surface area contributed by atoms with E-state index >= 15 is 0 Å². The molecule has 1 aliphatic rings. The van der Waals surface area contributed by atoms with E-state index in [4.69, 9.17) is 21.1 Å². The molecular weight excluding hydrogens is 524 g/mol. The maximum absolute atomic E-state index is 13.3. The third kappa shape index (κ3) is 5.46. The molecule has 1 amide bonds. The number of amides is 1. The van der Waals surface area contributed by atoms with Crippen molar-refractivity contribution in [2.45, 2.75) is 18.2 Å². The molecule has 0 radical (unpaired) electrons. The van der Waals surface area contributed by atoms with E-state index in [2.05, 4.69) is 5.32 Å². The highest BCUT2D eigenvalue weighted by Crippen LogP contribution is 2.34. The summed E-state index contributed by atoms with van der Waals surface area (Å²) in [5.41, 5.74) is 2.72. The molecular formula is C29H25ClN2O5S. The average molecular weight is 549 g/mol. The lowest BCUT2D eigenvalue weighted by molar-refractivity contribution is -0.118. The highest BCUT2D eigenvalue weighted by molar-refractivity contribution is 7.92. The molecule has 0 unspecified atom stereocenters. The molecule has 1 N–H and O–H groups in total. The molecule has 0 aromatic heterocycles. The Kier molecular flexibility index (Phi) is 7.26. The molecule has 0 fully saturated rings. The second-order valence-electron chi connectivity index (χ2n) is 8.78. The van der Waals surface area contributed by atoms with Crippen LogP contribution >= 0.6 is 11.6 Å². The minimum atomic E-state index is -3.73. The third-order valence-corrected chi connectivity index (χ3v) is 8.17. The number of ether oxygens (including phenoxy) is 2. The van der Waals surface area contributed by atoms with Crippen molar-refractivity contribution in [2.24, 2.45) is 0 Å². The lowest BCUT2D eigenvalue weighted by Crippen LogP contribution is -2.29. The van der Waals surface area contributed by atoms with Crippen molar-refractivity contribution in [3.8, 4) is 17.2 Å². The first-order valence-electron chi connectivity index (χ1n) is 12.0. The molecule has 38 heavy (non-hydrogen) atoms. The van der Waals surface area contributed by atoms with Crippen molar-refractivity contribution >= 4 is 38.9 Å². The summed E-state index contributed by atoms with van der Waals surface area (Å²) in [4.78, 5) is 12.9. The first-order valence-corrected chi connectivity index (χ1v) is 13.8. The van der Waals surface area contributed by atoms with Gasteiger partial charge in [-0.15, -0.1) is 0 Å². The van der Waals surface area contributed by atoms with E-state index in [0.29, 0.717) is 52.2 Å². The minimum absolute atomic E-state index is 0.171. The predicted molar refractivity (Wildman–Crippen MR) is 148 cm³/mol. The number of nitrogens with zero attached hydrogens (tertiary/aromatic N) is 1. The van der Waals surface area contributed by atoms with Gasteiger partial charge in [0.05, 0.1) is 16.3 Å². The number of carbonyl (C=O) groups is 1. The number of hydrogen-bond donors (Lipinski definition) is 1. The SMILES string of the molecule is Cc1cc(S(=O)(=O)N2CCc3ccccc32)ccc1OCC(=O)Nc1cc(Cl)ccc1Oc1ccccc1. The van der Waals surface area contributed by atoms with Gasteiger partial charge in [-0.25, -0.2) is 8.42 Å². The van der Waals surface area contributed by atoms with Crippen LogP contribution in [0.25, 0.3) is 0 Å². The van der Waals surface area contributed by atoms with Crippen LogP contribution in [0.2, 0.25) is 5.02 Å². The summed E-state index contributed by atoms with van der Waals surface area (Å²) in [5.74, 6) is 1.04. The van der Waals surface area contributed by atoms with Gasteiger partial charge in [-0.1, -0.05) is 48.0 Å². The lowest BCUT2D eigenvalue weighted by atomic mass is 10.2. The van der Waals surface area contributed by atoms with E-state index < -0.39 is 15.9 Å². The Hall–Kier alpha value is -4.01. The number of carbonyl (C=O) groups excluding carboxylic acids is 1. The molecule has 1 heterocycles. The Morgan fingerprint density at radius 3 is 2.47 bits per heavy atom. The standard InChI is InChI=1S/C29H25ClN2O5S/c1-20-17-24(38(34,35)32-16-15-21-7-5-6-10-26(21)32)12-14-27(20)36-19-29(33)31-25-18-22(30)11-13-28(25)37-23-8-3-2-4-9-23/h2-14,17-18H,15-16,19H2,1H3,(H,31,33). The van der Waals surface area contributed by atoms with Crippen molar-refractivity contribution in [2.75, 3.05) is 22.8 Å². The molecule has 7 nitrogen and oxygen atoms in total. The fourth-order valence-corrected chi connectivity index (χ4v) is 6.02. The monoisotopic (exact) mass is 548 g/mol. The van der Waals surface area contributed by atoms with Gasteiger partial charge in [-0.2, -0.15) is 0 Å². The number of hydrogen-bond acceptors (Lipinski definition) is 5. The molecule has 0 atom stereocenters. The molecule has 5 rings (SSSR count). The first kappa shape index (κ1) is 25.6. The van der Waals surface area contributed by atoms with Gasteiger partial charge in [0.2, 0.25) is 0 Å². The number of para-hydroxylation sites is 2. The van der Waals surface area contributed by atoms with Crippen molar-refractivity contribution in [1.29, 1.82) is 0 Å². The van der Waals surface area contributed by atoms with Gasteiger partial charge in [0.25, 0.3) is 15.9 Å². The molecule has 1 aliphatic heterocycles. The molecule has 9 heteroatoms. The van der Waals surface area contributed by atoms with Crippen molar-refractivity contribution in [1.82, 2.24) is 0 Å². The highest BCUT2D eigenvalue weighted by Gasteiger charge is 2.30. The average Bonchev–Trinajstić information content (AvgIpc) is 3.35. The quantitative estimate of drug-likeness (QED) is 0.283. The first-order chi connectivity index (χ1) is 18.3. The largest absolute Gasteiger partial charge is 0.483 e. The van der Waals surface area contributed by atoms with Crippen LogP contribution in [0.4, 0.5) is 11.4 Å². The van der Waals surface area contributed by atoms with Crippen LogP contribution in [0.15, 0.2) is 95.9 Å². The third-order valence-electron chi connectivity index (χ3n) is 6.12. The topological polar surface area (TPSA) is 84.9 Å². The van der Waals surface area contributed by atoms with Gasteiger partial charge in [0.1, 0.15) is 11.5 Å². The van der Waals surface area contributed by atoms with Crippen LogP contribution < -0.4 is 19.1 Å². The summed E-state index contributed by atoms with van der Waals surface area (Å²) in [6.45, 7) is 1.86. The molecule has 0 saturated heterocycles. The minimum Gasteiger partial charge on any atom is -0.483 e. The maximum Gasteiger partial charge on any atom is 0.264 e. The van der Waals surface area contributed by atoms with Gasteiger partial charge in [0, 0.05) is 11.6 Å². The number of benzene rings is 4. The van der Waals surface area contributed by atoms with Crippen LogP contribution in [0, 0.1) is 6.92 Å². The molecule has 4 aromatic rings. The number of sulfonamides is 1. The molecule has 4 aromatic carbocycles. The number of aryl methyl sites for hydroxylation is 1. The number of anilines is 2. The van der Waals surface area contributed by atoms with Crippen LogP contribution in [0.1, 0.15) is 11.1 Å². The number of rotatable bonds is 8. The van der Waals surface area contributed by atoms with Gasteiger partial charge >= 0.3 is 0 Å². The smallest absolute Gasteiger partial charge is 0.264 e. The number of nitrogens with one attached hydrogen (secondary N) is 1. The number of fused-ring (bicyclic) bond motifs is 1. The zero-order valence-corrected chi connectivity index (χ0v) is 22.1. The molecule has 0 saturated carbocycles. The molecule has 0 bridgehead atoms. The van der Waals surface area contributed by atoms with Crippen molar-refractivity contribution < 1.29 is 22.7 Å². The fraction of sp³-hybridized carbons (Fsp3) is 0.138. The maximum atomic E-state index is 13.3. The summed E-state index contributed by atoms with van der Waals surface area (Å²) < 4.78 is 39.7. The zero-order valence-electron chi connectivity index (χ0n) is 20.6. The number of halogens is 1. The Morgan fingerprint density at radius 1 is 0.947 bits per heavy atom. The summed E-state index contributed by atoms with van der Waals surface area (Å²) >= 11 is 6.13. The second kappa shape index (κ2) is 10.8. The van der Waals surface area contributed by atoms with Crippen LogP contribution in [-0.4, -0.2) is 27.5 Å². The van der Waals surface area contributed by atoms with E-state index in [1.165, 1.54) is 10.4 Å². The van der Waals surface area contributed by atoms with E-state index in [9.17, 15) is 13.2 Å². The lowest BCUT2D eigenvalue weighted by Gasteiger charge is -2.20. The van der Waals surface area contributed by atoms with E-state index in [-0.39, 0.29) is 11.5 Å². The van der Waals surface area contributed by atoms with E-state index in [1.807, 2.05) is 42.5 Å². The van der Waals surface area contributed by atoms with Crippen LogP contribution in [0.5, 0.6) is 17.2 Å². The Morgan fingerprint density at radius 2 is 1.68 bits per heavy atom. The Balaban J connectivity index is 1.26. The van der Waals surface area contributed by atoms with Crippen molar-refractivity contribution in [3.05, 3.63) is 107 Å². The van der Waals surface area contributed by atoms with Gasteiger partial charge < -0.3 is 14.8 Å². The molecule has 0 aliphatic carbocycles. The Labute approximate surface area is 226 Å². The summed E-state index contributed by atoms with van der Waals surface area (Å²) in [7, 11) is -3.73. The van der Waals surface area contributed by atoms with Crippen LogP contribution in [0.3, 0.4) is 0 Å². The van der Waals surface area contributed by atoms with Crippen LogP contribution in [-0.2, 0) is 21.2 Å². The second-order valence-corrected chi connectivity index (χ2v) is 11.1. The van der Waals surface area contributed by atoms with E-state index in [0.717, 1.165) is 5.56 Å². The van der Waals surface area contributed by atoms with Gasteiger partial charge in [0.15, 0.2) is 12.4 Å². The summed E-state index contributed by atoms with van der Waals surface area (Å²) in [6, 6.07) is 26.3. The van der Waals surface area contributed by atoms with Gasteiger partial charge in [-0.05, 0) is 79.1 Å². The molecule has 194 valence electrons. The fourth-order valence-electron chi connectivity index (χ4n) is 4.26. The highest BCUT2D eigenvalue weighted by atomic mass is 35.5. The summed E-state index contributed by atoms with van der Waals surface area (Å²) in [5, 5.41) is 3.21. The zero-order chi connectivity index (χ0) is 26.7. The van der Waals surface area contributed by atoms with Crippen molar-refractivity contribution in [3.63, 3.8) is 0 Å². The Bertz CT molecular complexity index is 1590.